The van der Waals surface area contributed by atoms with Gasteiger partial charge in [-0.25, -0.2) is 4.79 Å². The molecule has 0 bridgehead atoms. The van der Waals surface area contributed by atoms with Gasteiger partial charge in [0.15, 0.2) is 0 Å². The lowest BCUT2D eigenvalue weighted by atomic mass is 9.73. The molecule has 1 spiro atoms. The normalized spacial score (nSPS) is 26.7. The minimum Gasteiger partial charge on any atom is -0.456 e. The summed E-state index contributed by atoms with van der Waals surface area (Å²) in [6.45, 7) is 3.28. The first-order valence-electron chi connectivity index (χ1n) is 8.93. The van der Waals surface area contributed by atoms with Crippen molar-refractivity contribution in [1.29, 1.82) is 0 Å². The van der Waals surface area contributed by atoms with Crippen molar-refractivity contribution in [3.8, 4) is 0 Å². The Balaban J connectivity index is 1.67. The Morgan fingerprint density at radius 2 is 2.12 bits per heavy atom. The van der Waals surface area contributed by atoms with E-state index in [2.05, 4.69) is 5.32 Å². The molecular weight excluding hydrogens is 356 g/mol. The van der Waals surface area contributed by atoms with Gasteiger partial charge < -0.3 is 10.1 Å². The quantitative estimate of drug-likeness (QED) is 0.643. The summed E-state index contributed by atoms with van der Waals surface area (Å²) in [5.41, 5.74) is -0.193. The van der Waals surface area contributed by atoms with Crippen molar-refractivity contribution in [2.45, 2.75) is 51.2 Å². The van der Waals surface area contributed by atoms with Crippen LogP contribution in [0.5, 0.6) is 0 Å². The molecule has 1 aromatic carbocycles. The zero-order valence-electron chi connectivity index (χ0n) is 15.0. The van der Waals surface area contributed by atoms with Crippen LogP contribution in [0.4, 0.5) is 4.79 Å². The monoisotopic (exact) mass is 378 g/mol. The molecule has 2 aliphatic rings. The van der Waals surface area contributed by atoms with Gasteiger partial charge in [0.1, 0.15) is 18.2 Å². The predicted octanol–water partition coefficient (Wildman–Crippen LogP) is 3.44. The van der Waals surface area contributed by atoms with Gasteiger partial charge in [0, 0.05) is 10.6 Å². The molecule has 140 valence electrons. The third-order valence-corrected chi connectivity index (χ3v) is 5.78. The first-order chi connectivity index (χ1) is 12.3. The summed E-state index contributed by atoms with van der Waals surface area (Å²) in [6.07, 6.45) is 2.86. The van der Waals surface area contributed by atoms with Crippen molar-refractivity contribution in [2.75, 3.05) is 6.54 Å². The summed E-state index contributed by atoms with van der Waals surface area (Å²) in [7, 11) is 0. The number of nitrogens with zero attached hydrogens (tertiary/aromatic N) is 1. The molecule has 7 heteroatoms. The minimum absolute atomic E-state index is 0.0516. The summed E-state index contributed by atoms with van der Waals surface area (Å²) < 4.78 is 5.38. The van der Waals surface area contributed by atoms with E-state index in [0.717, 1.165) is 24.2 Å². The average Bonchev–Trinajstić information content (AvgIpc) is 2.83. The molecule has 1 aliphatic heterocycles. The Kier molecular flexibility index (Phi) is 5.23. The van der Waals surface area contributed by atoms with Gasteiger partial charge in [0.25, 0.3) is 5.91 Å². The van der Waals surface area contributed by atoms with Crippen LogP contribution >= 0.6 is 11.6 Å². The van der Waals surface area contributed by atoms with Crippen LogP contribution in [0, 0.1) is 5.92 Å². The zero-order chi connectivity index (χ0) is 18.9. The second-order valence-electron chi connectivity index (χ2n) is 7.09. The highest BCUT2D eigenvalue weighted by molar-refractivity contribution is 6.31. The highest BCUT2D eigenvalue weighted by atomic mass is 35.5. The van der Waals surface area contributed by atoms with Gasteiger partial charge in [-0.05, 0) is 31.7 Å². The van der Waals surface area contributed by atoms with Gasteiger partial charge in [0.05, 0.1) is 0 Å². The SMILES string of the molecule is C[C@H](OC(=O)CN1C(=O)N[C@@]2(CCCC[C@@H]2C)C1=O)c1ccccc1Cl. The summed E-state index contributed by atoms with van der Waals surface area (Å²) in [6, 6.07) is 6.56. The maximum absolute atomic E-state index is 12.9. The number of nitrogens with one attached hydrogen (secondary N) is 1. The molecular formula is C19H23ClN2O4. The van der Waals surface area contributed by atoms with Crippen molar-refractivity contribution < 1.29 is 19.1 Å². The molecule has 3 rings (SSSR count). The smallest absolute Gasteiger partial charge is 0.326 e. The van der Waals surface area contributed by atoms with Gasteiger partial charge >= 0.3 is 12.0 Å². The van der Waals surface area contributed by atoms with Crippen molar-refractivity contribution in [3.63, 3.8) is 0 Å². The number of rotatable bonds is 4. The number of carbonyl (C=O) groups excluding carboxylic acids is 3. The van der Waals surface area contributed by atoms with Crippen LogP contribution in [-0.4, -0.2) is 34.9 Å². The number of imide groups is 1. The maximum atomic E-state index is 12.9. The fraction of sp³-hybridized carbons (Fsp3) is 0.526. The number of ether oxygens (including phenoxy) is 1. The molecule has 0 unspecified atom stereocenters. The van der Waals surface area contributed by atoms with Crippen molar-refractivity contribution in [3.05, 3.63) is 34.9 Å². The third-order valence-electron chi connectivity index (χ3n) is 5.44. The van der Waals surface area contributed by atoms with Crippen LogP contribution in [0.2, 0.25) is 5.02 Å². The Hall–Kier alpha value is -2.08. The number of urea groups is 1. The van der Waals surface area contributed by atoms with Crippen molar-refractivity contribution >= 4 is 29.5 Å². The first kappa shape index (κ1) is 18.7. The molecule has 3 amide bonds. The third kappa shape index (κ3) is 3.30. The summed E-state index contributed by atoms with van der Waals surface area (Å²) in [5.74, 6) is -0.908. The molecule has 3 atom stereocenters. The number of hydrogen-bond acceptors (Lipinski definition) is 4. The van der Waals surface area contributed by atoms with Gasteiger partial charge in [0.2, 0.25) is 0 Å². The average molecular weight is 379 g/mol. The Morgan fingerprint density at radius 1 is 1.38 bits per heavy atom. The van der Waals surface area contributed by atoms with E-state index in [1.807, 2.05) is 6.92 Å². The molecule has 2 fully saturated rings. The predicted molar refractivity (Wildman–Crippen MR) is 96.6 cm³/mol. The molecule has 0 aromatic heterocycles. The largest absolute Gasteiger partial charge is 0.456 e. The molecule has 1 saturated heterocycles. The fourth-order valence-corrected chi connectivity index (χ4v) is 4.16. The van der Waals surface area contributed by atoms with Gasteiger partial charge in [-0.15, -0.1) is 0 Å². The van der Waals surface area contributed by atoms with Crippen LogP contribution in [0.25, 0.3) is 0 Å². The lowest BCUT2D eigenvalue weighted by molar-refractivity contribution is -0.152. The molecule has 26 heavy (non-hydrogen) atoms. The van der Waals surface area contributed by atoms with E-state index in [4.69, 9.17) is 16.3 Å². The van der Waals surface area contributed by atoms with Crippen molar-refractivity contribution in [1.82, 2.24) is 10.2 Å². The van der Waals surface area contributed by atoms with E-state index in [1.165, 1.54) is 0 Å². The van der Waals surface area contributed by atoms with Crippen LogP contribution in [-0.2, 0) is 14.3 Å². The number of hydrogen-bond donors (Lipinski definition) is 1. The molecule has 1 aromatic rings. The lowest BCUT2D eigenvalue weighted by Crippen LogP contribution is -2.54. The van der Waals surface area contributed by atoms with Crippen LogP contribution < -0.4 is 5.32 Å². The highest BCUT2D eigenvalue weighted by Gasteiger charge is 2.55. The van der Waals surface area contributed by atoms with E-state index in [9.17, 15) is 14.4 Å². The maximum Gasteiger partial charge on any atom is 0.326 e. The number of esters is 1. The summed E-state index contributed by atoms with van der Waals surface area (Å²) in [4.78, 5) is 38.5. The Labute approximate surface area is 157 Å². The van der Waals surface area contributed by atoms with Crippen molar-refractivity contribution in [2.24, 2.45) is 5.92 Å². The molecule has 1 heterocycles. The number of amides is 3. The molecule has 6 nitrogen and oxygen atoms in total. The van der Waals surface area contributed by atoms with Gasteiger partial charge in [-0.2, -0.15) is 0 Å². The molecule has 1 N–H and O–H groups in total. The molecule has 1 aliphatic carbocycles. The second kappa shape index (κ2) is 7.27. The molecule has 1 saturated carbocycles. The lowest BCUT2D eigenvalue weighted by Gasteiger charge is -2.36. The van der Waals surface area contributed by atoms with Gasteiger partial charge in [-0.3, -0.25) is 14.5 Å². The number of carbonyl (C=O) groups is 3. The number of benzene rings is 1. The Morgan fingerprint density at radius 3 is 2.81 bits per heavy atom. The Bertz CT molecular complexity index is 738. The summed E-state index contributed by atoms with van der Waals surface area (Å²) in [5, 5.41) is 3.32. The first-order valence-corrected chi connectivity index (χ1v) is 9.31. The van der Waals surface area contributed by atoms with E-state index < -0.39 is 30.2 Å². The highest BCUT2D eigenvalue weighted by Crippen LogP contribution is 2.38. The fourth-order valence-electron chi connectivity index (χ4n) is 3.87. The second-order valence-corrected chi connectivity index (χ2v) is 7.50. The van der Waals surface area contributed by atoms with E-state index >= 15 is 0 Å². The minimum atomic E-state index is -0.871. The van der Waals surface area contributed by atoms with E-state index in [0.29, 0.717) is 17.0 Å². The molecule has 0 radical (unpaired) electrons. The van der Waals surface area contributed by atoms with E-state index in [-0.39, 0.29) is 11.8 Å². The van der Waals surface area contributed by atoms with Crippen LogP contribution in [0.3, 0.4) is 0 Å². The number of halogens is 1. The summed E-state index contributed by atoms with van der Waals surface area (Å²) >= 11 is 6.11. The standard InChI is InChI=1S/C19H23ClN2O4/c1-12-7-5-6-10-19(12)17(24)22(18(25)21-19)11-16(23)26-13(2)14-8-3-4-9-15(14)20/h3-4,8-9,12-13H,5-7,10-11H2,1-2H3,(H,21,25)/t12-,13-,19+/m0/s1. The van der Waals surface area contributed by atoms with Crippen LogP contribution in [0.15, 0.2) is 24.3 Å². The van der Waals surface area contributed by atoms with E-state index in [1.54, 1.807) is 31.2 Å². The zero-order valence-corrected chi connectivity index (χ0v) is 15.7. The van der Waals surface area contributed by atoms with Gasteiger partial charge in [-0.1, -0.05) is 49.6 Å². The topological polar surface area (TPSA) is 75.7 Å². The van der Waals surface area contributed by atoms with Crippen LogP contribution in [0.1, 0.15) is 51.2 Å².